The van der Waals surface area contributed by atoms with Gasteiger partial charge in [-0.1, -0.05) is 15.9 Å². The molecule has 1 fully saturated rings. The number of rotatable bonds is 6. The Morgan fingerprint density at radius 1 is 1.44 bits per heavy atom. The average molecular weight is 314 g/mol. The topological polar surface area (TPSA) is 41.5 Å². The highest BCUT2D eigenvalue weighted by Crippen LogP contribution is 2.26. The second-order valence-electron chi connectivity index (χ2n) is 5.51. The zero-order chi connectivity index (χ0) is 13.2. The van der Waals surface area contributed by atoms with Crippen molar-refractivity contribution in [3.8, 4) is 5.75 Å². The molecule has 0 spiro atoms. The lowest BCUT2D eigenvalue weighted by Crippen LogP contribution is -2.28. The van der Waals surface area contributed by atoms with Crippen molar-refractivity contribution < 1.29 is 9.84 Å². The number of hydrogen-bond acceptors (Lipinski definition) is 3. The Balaban J connectivity index is 2.01. The SMILES string of the molecule is CC(C)(O)COc1ccc(Br)cc1CNC1CC1. The lowest BCUT2D eigenvalue weighted by Gasteiger charge is -2.19. The third kappa shape index (κ3) is 4.59. The van der Waals surface area contributed by atoms with Crippen LogP contribution in [0.3, 0.4) is 0 Å². The summed E-state index contributed by atoms with van der Waals surface area (Å²) < 4.78 is 6.75. The van der Waals surface area contributed by atoms with Crippen LogP contribution in [0.2, 0.25) is 0 Å². The monoisotopic (exact) mass is 313 g/mol. The average Bonchev–Trinajstić information content (AvgIpc) is 3.07. The Morgan fingerprint density at radius 2 is 2.17 bits per heavy atom. The fourth-order valence-electron chi connectivity index (χ4n) is 1.62. The summed E-state index contributed by atoms with van der Waals surface area (Å²) in [6, 6.07) is 6.64. The maximum Gasteiger partial charge on any atom is 0.124 e. The van der Waals surface area contributed by atoms with Gasteiger partial charge in [0.15, 0.2) is 0 Å². The summed E-state index contributed by atoms with van der Waals surface area (Å²) >= 11 is 3.48. The number of halogens is 1. The first-order valence-electron chi connectivity index (χ1n) is 6.31. The minimum atomic E-state index is -0.811. The Labute approximate surface area is 117 Å². The van der Waals surface area contributed by atoms with Crippen LogP contribution in [-0.2, 0) is 6.54 Å². The number of ether oxygens (including phenoxy) is 1. The lowest BCUT2D eigenvalue weighted by atomic mass is 10.1. The van der Waals surface area contributed by atoms with Gasteiger partial charge in [0.2, 0.25) is 0 Å². The maximum absolute atomic E-state index is 9.70. The number of benzene rings is 1. The van der Waals surface area contributed by atoms with E-state index in [-0.39, 0.29) is 0 Å². The predicted octanol–water partition coefficient (Wildman–Crippen LogP) is 2.85. The molecule has 1 aromatic carbocycles. The van der Waals surface area contributed by atoms with E-state index >= 15 is 0 Å². The van der Waals surface area contributed by atoms with Crippen LogP contribution in [0, 0.1) is 0 Å². The van der Waals surface area contributed by atoms with Crippen LogP contribution in [0.15, 0.2) is 22.7 Å². The number of hydrogen-bond donors (Lipinski definition) is 2. The summed E-state index contributed by atoms with van der Waals surface area (Å²) in [5.74, 6) is 0.841. The fraction of sp³-hybridized carbons (Fsp3) is 0.571. The normalized spacial score (nSPS) is 15.8. The van der Waals surface area contributed by atoms with E-state index in [1.807, 2.05) is 12.1 Å². The molecular formula is C14H20BrNO2. The molecule has 0 saturated heterocycles. The molecule has 1 aliphatic rings. The Kier molecular flexibility index (Phi) is 4.30. The molecule has 0 atom stereocenters. The van der Waals surface area contributed by atoms with Gasteiger partial charge < -0.3 is 15.2 Å². The zero-order valence-electron chi connectivity index (χ0n) is 10.9. The van der Waals surface area contributed by atoms with E-state index in [1.54, 1.807) is 13.8 Å². The van der Waals surface area contributed by atoms with E-state index in [4.69, 9.17) is 4.74 Å². The van der Waals surface area contributed by atoms with Crippen molar-refractivity contribution >= 4 is 15.9 Å². The molecule has 1 aliphatic carbocycles. The Morgan fingerprint density at radius 3 is 2.78 bits per heavy atom. The molecule has 3 nitrogen and oxygen atoms in total. The summed E-state index contributed by atoms with van der Waals surface area (Å²) in [6.07, 6.45) is 2.54. The molecule has 1 aromatic rings. The zero-order valence-corrected chi connectivity index (χ0v) is 12.5. The van der Waals surface area contributed by atoms with Crippen LogP contribution in [0.25, 0.3) is 0 Å². The highest BCUT2D eigenvalue weighted by molar-refractivity contribution is 9.10. The first-order valence-corrected chi connectivity index (χ1v) is 7.10. The minimum absolute atomic E-state index is 0.297. The fourth-order valence-corrected chi connectivity index (χ4v) is 2.03. The van der Waals surface area contributed by atoms with Crippen LogP contribution >= 0.6 is 15.9 Å². The van der Waals surface area contributed by atoms with Crippen LogP contribution in [0.4, 0.5) is 0 Å². The largest absolute Gasteiger partial charge is 0.490 e. The molecule has 0 heterocycles. The van der Waals surface area contributed by atoms with E-state index in [2.05, 4.69) is 27.3 Å². The molecule has 2 N–H and O–H groups in total. The standard InChI is InChI=1S/C14H20BrNO2/c1-14(2,17)9-18-13-6-3-11(15)7-10(13)8-16-12-4-5-12/h3,6-7,12,16-17H,4-5,8-9H2,1-2H3. The highest BCUT2D eigenvalue weighted by Gasteiger charge is 2.21. The van der Waals surface area contributed by atoms with Crippen molar-refractivity contribution in [3.63, 3.8) is 0 Å². The van der Waals surface area contributed by atoms with E-state index in [0.29, 0.717) is 12.6 Å². The van der Waals surface area contributed by atoms with Gasteiger partial charge in [0.05, 0.1) is 5.60 Å². The third-order valence-electron chi connectivity index (χ3n) is 2.76. The predicted molar refractivity (Wildman–Crippen MR) is 75.8 cm³/mol. The van der Waals surface area contributed by atoms with Gasteiger partial charge in [-0.2, -0.15) is 0 Å². The second-order valence-corrected chi connectivity index (χ2v) is 6.42. The molecule has 18 heavy (non-hydrogen) atoms. The van der Waals surface area contributed by atoms with E-state index in [9.17, 15) is 5.11 Å². The van der Waals surface area contributed by atoms with Crippen molar-refractivity contribution in [1.82, 2.24) is 5.32 Å². The summed E-state index contributed by atoms with van der Waals surface area (Å²) in [4.78, 5) is 0. The van der Waals surface area contributed by atoms with E-state index in [0.717, 1.165) is 22.3 Å². The quantitative estimate of drug-likeness (QED) is 0.848. The van der Waals surface area contributed by atoms with Crippen molar-refractivity contribution in [3.05, 3.63) is 28.2 Å². The van der Waals surface area contributed by atoms with Crippen LogP contribution in [0.1, 0.15) is 32.3 Å². The molecule has 100 valence electrons. The van der Waals surface area contributed by atoms with E-state index in [1.165, 1.54) is 12.8 Å². The van der Waals surface area contributed by atoms with Crippen LogP contribution < -0.4 is 10.1 Å². The molecule has 4 heteroatoms. The van der Waals surface area contributed by atoms with Gasteiger partial charge >= 0.3 is 0 Å². The van der Waals surface area contributed by atoms with Crippen molar-refractivity contribution in [1.29, 1.82) is 0 Å². The van der Waals surface area contributed by atoms with Crippen molar-refractivity contribution in [2.24, 2.45) is 0 Å². The van der Waals surface area contributed by atoms with Gasteiger partial charge in [0.25, 0.3) is 0 Å². The molecule has 0 unspecified atom stereocenters. The molecule has 0 amide bonds. The van der Waals surface area contributed by atoms with Gasteiger partial charge in [-0.05, 0) is 44.9 Å². The maximum atomic E-state index is 9.70. The summed E-state index contributed by atoms with van der Waals surface area (Å²) in [5, 5.41) is 13.2. The van der Waals surface area contributed by atoms with Crippen molar-refractivity contribution in [2.75, 3.05) is 6.61 Å². The Bertz CT molecular complexity index is 411. The molecule has 0 bridgehead atoms. The first kappa shape index (κ1) is 13.8. The highest BCUT2D eigenvalue weighted by atomic mass is 79.9. The van der Waals surface area contributed by atoms with E-state index < -0.39 is 5.60 Å². The lowest BCUT2D eigenvalue weighted by molar-refractivity contribution is 0.0281. The molecular weight excluding hydrogens is 294 g/mol. The third-order valence-corrected chi connectivity index (χ3v) is 3.26. The number of nitrogens with one attached hydrogen (secondary N) is 1. The Hall–Kier alpha value is -0.580. The van der Waals surface area contributed by atoms with Crippen LogP contribution in [-0.4, -0.2) is 23.4 Å². The summed E-state index contributed by atoms with van der Waals surface area (Å²) in [7, 11) is 0. The summed E-state index contributed by atoms with van der Waals surface area (Å²) in [6.45, 7) is 4.60. The molecule has 2 rings (SSSR count). The van der Waals surface area contributed by atoms with Crippen molar-refractivity contribution in [2.45, 2.75) is 44.9 Å². The van der Waals surface area contributed by atoms with Gasteiger partial charge in [0, 0.05) is 22.6 Å². The minimum Gasteiger partial charge on any atom is -0.490 e. The number of aliphatic hydroxyl groups is 1. The first-order chi connectivity index (χ1) is 8.44. The smallest absolute Gasteiger partial charge is 0.124 e. The molecule has 1 saturated carbocycles. The molecule has 0 aromatic heterocycles. The van der Waals surface area contributed by atoms with Gasteiger partial charge in [-0.15, -0.1) is 0 Å². The van der Waals surface area contributed by atoms with Gasteiger partial charge in [-0.3, -0.25) is 0 Å². The van der Waals surface area contributed by atoms with Crippen LogP contribution in [0.5, 0.6) is 5.75 Å². The summed E-state index contributed by atoms with van der Waals surface area (Å²) in [5.41, 5.74) is 0.314. The molecule has 0 radical (unpaired) electrons. The second kappa shape index (κ2) is 5.59. The van der Waals surface area contributed by atoms with Gasteiger partial charge in [-0.25, -0.2) is 0 Å². The van der Waals surface area contributed by atoms with Gasteiger partial charge in [0.1, 0.15) is 12.4 Å². The molecule has 0 aliphatic heterocycles.